The van der Waals surface area contributed by atoms with E-state index in [9.17, 15) is 13.7 Å². The fourth-order valence-electron chi connectivity index (χ4n) is 10.6. The van der Waals surface area contributed by atoms with Crippen molar-refractivity contribution in [3.8, 4) is 6.07 Å². The number of sulfone groups is 1. The van der Waals surface area contributed by atoms with Gasteiger partial charge < -0.3 is 14.7 Å². The first-order valence-corrected chi connectivity index (χ1v) is 21.0. The van der Waals surface area contributed by atoms with Gasteiger partial charge >= 0.3 is 0 Å². The fourth-order valence-corrected chi connectivity index (χ4v) is 12.0. The Labute approximate surface area is 332 Å². The highest BCUT2D eigenvalue weighted by Gasteiger charge is 2.53. The Kier molecular flexibility index (Phi) is 6.09. The summed E-state index contributed by atoms with van der Waals surface area (Å²) in [7, 11) is -3.73. The van der Waals surface area contributed by atoms with Crippen LogP contribution in [0.3, 0.4) is 0 Å². The van der Waals surface area contributed by atoms with Crippen LogP contribution in [0.5, 0.6) is 0 Å². The number of hydrogen-bond donors (Lipinski definition) is 0. The molecule has 12 rings (SSSR count). The van der Waals surface area contributed by atoms with Crippen LogP contribution >= 0.6 is 0 Å². The lowest BCUT2D eigenvalue weighted by molar-refractivity contribution is 0.599. The Hall–Kier alpha value is -6.56. The summed E-state index contributed by atoms with van der Waals surface area (Å²) in [6, 6.07) is 41.9. The van der Waals surface area contributed by atoms with E-state index in [-0.39, 0.29) is 15.7 Å². The van der Waals surface area contributed by atoms with Crippen molar-refractivity contribution in [1.82, 2.24) is 0 Å². The van der Waals surface area contributed by atoms with Crippen molar-refractivity contribution < 1.29 is 8.42 Å². The third kappa shape index (κ3) is 3.88. The van der Waals surface area contributed by atoms with Gasteiger partial charge in [-0.3, -0.25) is 4.90 Å². The van der Waals surface area contributed by atoms with E-state index in [4.69, 9.17) is 0 Å². The molecule has 1 aliphatic carbocycles. The monoisotopic (exact) mass is 759 g/mol. The molecule has 0 atom stereocenters. The Morgan fingerprint density at radius 2 is 1.00 bits per heavy atom. The smallest absolute Gasteiger partial charge is 0.202 e. The van der Waals surface area contributed by atoms with E-state index in [0.717, 1.165) is 39.8 Å². The summed E-state index contributed by atoms with van der Waals surface area (Å²) in [4.78, 5) is 10.5. The van der Waals surface area contributed by atoms with E-state index >= 15 is 0 Å². The Balaban J connectivity index is 1.15. The Morgan fingerprint density at radius 3 is 1.54 bits per heavy atom. The second kappa shape index (κ2) is 10.6. The molecule has 0 radical (unpaired) electrons. The van der Waals surface area contributed by atoms with E-state index in [1.165, 1.54) is 62.8 Å². The molecule has 0 amide bonds. The van der Waals surface area contributed by atoms with Crippen LogP contribution in [0.15, 0.2) is 143 Å². The van der Waals surface area contributed by atoms with Gasteiger partial charge in [-0.2, -0.15) is 5.26 Å². The lowest BCUT2D eigenvalue weighted by atomic mass is 9.70. The highest BCUT2D eigenvalue weighted by Crippen LogP contribution is 2.74. The lowest BCUT2D eigenvalue weighted by Crippen LogP contribution is -2.42. The maximum absolute atomic E-state index is 13.9. The summed E-state index contributed by atoms with van der Waals surface area (Å²) in [6.45, 7) is 9.38. The van der Waals surface area contributed by atoms with Gasteiger partial charge in [0, 0.05) is 21.4 Å². The number of nitriles is 1. The largest absolute Gasteiger partial charge is 0.310 e. The predicted octanol–water partition coefficient (Wildman–Crippen LogP) is 12.4. The van der Waals surface area contributed by atoms with Gasteiger partial charge in [-0.1, -0.05) is 82.3 Å². The van der Waals surface area contributed by atoms with Crippen LogP contribution in [0.4, 0.5) is 62.6 Å². The quantitative estimate of drug-likeness (QED) is 0.178. The molecule has 0 saturated heterocycles. The van der Waals surface area contributed by atoms with Gasteiger partial charge in [-0.05, 0) is 108 Å². The first-order valence-electron chi connectivity index (χ1n) is 19.6. The van der Waals surface area contributed by atoms with Crippen LogP contribution in [0, 0.1) is 11.3 Å². The molecular weight excluding hydrogens is 723 g/mol. The molecule has 0 aromatic heterocycles. The molecule has 0 spiro atoms. The summed E-state index contributed by atoms with van der Waals surface area (Å²) >= 11 is 0. The topological polar surface area (TPSA) is 70.9 Å². The third-order valence-corrected chi connectivity index (χ3v) is 15.3. The van der Waals surface area contributed by atoms with Crippen LogP contribution in [0.1, 0.15) is 68.4 Å². The highest BCUT2D eigenvalue weighted by molar-refractivity contribution is 7.95. The second-order valence-electron chi connectivity index (χ2n) is 16.9. The van der Waals surface area contributed by atoms with Crippen LogP contribution in [-0.2, 0) is 20.7 Å². The average molecular weight is 760 g/mol. The number of hydrogen-bond acceptors (Lipinski definition) is 7. The molecule has 6 aromatic rings. The van der Waals surface area contributed by atoms with Gasteiger partial charge in [0.15, 0.2) is 0 Å². The van der Waals surface area contributed by atoms with Crippen LogP contribution < -0.4 is 19.6 Å². The standard InChI is InChI=1S/C49H37N5O2S/c1-48(2)33-10-5-7-12-37(33)52-40-15-9-14-39-45(40)54-46-41(51(39)30-18-22-32(23-19-30)57(55,56)31-20-16-29(28-50)17-21-31)26-24-35-43(46)53(42-27-25-36(48)44(52)47(42)54)38-13-8-6-11-34(38)49(35,3)4/h5-18,20-22,24-27H,19,23H2,1-4H3. The van der Waals surface area contributed by atoms with Crippen LogP contribution in [0.25, 0.3) is 0 Å². The maximum atomic E-state index is 13.9. The van der Waals surface area contributed by atoms with Gasteiger partial charge in [0.1, 0.15) is 0 Å². The van der Waals surface area contributed by atoms with Crippen molar-refractivity contribution in [3.05, 3.63) is 166 Å². The first-order chi connectivity index (χ1) is 27.5. The van der Waals surface area contributed by atoms with E-state index in [1.807, 2.05) is 6.08 Å². The van der Waals surface area contributed by atoms with Crippen molar-refractivity contribution in [2.45, 2.75) is 56.3 Å². The molecular formula is C49H37N5O2S. The van der Waals surface area contributed by atoms with E-state index < -0.39 is 9.84 Å². The summed E-state index contributed by atoms with van der Waals surface area (Å²) < 4.78 is 27.8. The van der Waals surface area contributed by atoms with Crippen LogP contribution in [-0.4, -0.2) is 8.42 Å². The van der Waals surface area contributed by atoms with Crippen molar-refractivity contribution in [1.29, 1.82) is 5.26 Å². The van der Waals surface area contributed by atoms with Crippen molar-refractivity contribution >= 4 is 72.4 Å². The number of fused-ring (bicyclic) bond motifs is 6. The van der Waals surface area contributed by atoms with Gasteiger partial charge in [-0.25, -0.2) is 8.42 Å². The molecule has 0 N–H and O–H groups in total. The SMILES string of the molecule is CC1(C)c2ccccc2N2c3ccc4c5c3N3c6c(cccc6N5c5ccccc5C4(C)C)N(C4=CC=C(S(=O)(=O)c5ccc(C#N)cc5)CC4)c4ccc1c2c43. The molecule has 6 aliphatic rings. The number of nitrogens with zero attached hydrogens (tertiary/aromatic N) is 5. The summed E-state index contributed by atoms with van der Waals surface area (Å²) in [6.07, 6.45) is 4.68. The fraction of sp³-hybridized carbons (Fsp3) is 0.163. The molecule has 0 unspecified atom stereocenters. The lowest BCUT2D eigenvalue weighted by Gasteiger charge is -2.56. The van der Waals surface area contributed by atoms with Gasteiger partial charge in [0.25, 0.3) is 0 Å². The molecule has 0 bridgehead atoms. The number of benzene rings is 6. The van der Waals surface area contributed by atoms with E-state index in [0.29, 0.717) is 23.3 Å². The highest BCUT2D eigenvalue weighted by atomic mass is 32.2. The Morgan fingerprint density at radius 1 is 0.491 bits per heavy atom. The second-order valence-corrected chi connectivity index (χ2v) is 18.9. The maximum Gasteiger partial charge on any atom is 0.202 e. The molecule has 7 nitrogen and oxygen atoms in total. The number of anilines is 11. The normalized spacial score (nSPS) is 17.8. The molecule has 0 saturated carbocycles. The number of allylic oxidation sites excluding steroid dienone is 4. The molecule has 6 aromatic carbocycles. The average Bonchev–Trinajstić information content (AvgIpc) is 3.23. The minimum absolute atomic E-state index is 0.205. The molecule has 276 valence electrons. The summed E-state index contributed by atoms with van der Waals surface area (Å²) in [5, 5.41) is 9.29. The third-order valence-electron chi connectivity index (χ3n) is 13.3. The summed E-state index contributed by atoms with van der Waals surface area (Å²) in [5.41, 5.74) is 18.8. The number of rotatable bonds is 3. The molecule has 57 heavy (non-hydrogen) atoms. The van der Waals surface area contributed by atoms with Gasteiger partial charge in [0.2, 0.25) is 9.84 Å². The van der Waals surface area contributed by atoms with Crippen molar-refractivity contribution in [3.63, 3.8) is 0 Å². The number of para-hydroxylation sites is 3. The molecule has 5 aliphatic heterocycles. The first kappa shape index (κ1) is 32.7. The zero-order chi connectivity index (χ0) is 38.7. The summed E-state index contributed by atoms with van der Waals surface area (Å²) in [5.74, 6) is 0. The molecule has 0 fully saturated rings. The van der Waals surface area contributed by atoms with E-state index in [2.05, 4.69) is 144 Å². The van der Waals surface area contributed by atoms with E-state index in [1.54, 1.807) is 18.2 Å². The molecule has 5 heterocycles. The van der Waals surface area contributed by atoms with Crippen LogP contribution in [0.2, 0.25) is 0 Å². The molecule has 8 heteroatoms. The zero-order valence-corrected chi connectivity index (χ0v) is 32.8. The predicted molar refractivity (Wildman–Crippen MR) is 228 cm³/mol. The van der Waals surface area contributed by atoms with Crippen molar-refractivity contribution in [2.75, 3.05) is 19.6 Å². The minimum Gasteiger partial charge on any atom is -0.310 e. The minimum atomic E-state index is -3.73. The zero-order valence-electron chi connectivity index (χ0n) is 32.0. The van der Waals surface area contributed by atoms with Gasteiger partial charge in [0.05, 0.1) is 79.1 Å². The Bertz CT molecular complexity index is 3080. The van der Waals surface area contributed by atoms with Gasteiger partial charge in [-0.15, -0.1) is 0 Å². The van der Waals surface area contributed by atoms with Crippen molar-refractivity contribution in [2.24, 2.45) is 0 Å².